The number of benzene rings is 8. The predicted molar refractivity (Wildman–Crippen MR) is 225 cm³/mol. The average molecular weight is 689 g/mol. The lowest BCUT2D eigenvalue weighted by atomic mass is 9.92. The Hall–Kier alpha value is -7.23. The van der Waals surface area contributed by atoms with Crippen LogP contribution in [0.4, 0.5) is 0 Å². The van der Waals surface area contributed by atoms with Gasteiger partial charge in [-0.15, -0.1) is 0 Å². The van der Waals surface area contributed by atoms with Gasteiger partial charge in [-0.2, -0.15) is 0 Å². The molecule has 0 radical (unpaired) electrons. The molecule has 0 unspecified atom stereocenters. The summed E-state index contributed by atoms with van der Waals surface area (Å²) < 4.78 is 9.27. The highest BCUT2D eigenvalue weighted by atomic mass is 16.3. The van der Waals surface area contributed by atoms with Crippen LogP contribution in [0.15, 0.2) is 199 Å². The molecule has 0 atom stereocenters. The molecular formula is C51H32N2O. The average Bonchev–Trinajstić information content (AvgIpc) is 3.90. The summed E-state index contributed by atoms with van der Waals surface area (Å²) in [4.78, 5) is 4.69. The first kappa shape index (κ1) is 30.4. The molecule has 0 aliphatic rings. The number of imidazole rings is 1. The topological polar surface area (TPSA) is 30.4 Å². The molecule has 11 rings (SSSR count). The zero-order valence-electron chi connectivity index (χ0n) is 29.3. The Morgan fingerprint density at radius 1 is 0.352 bits per heavy atom. The third kappa shape index (κ3) is 4.87. The van der Waals surface area contributed by atoms with Gasteiger partial charge in [0.25, 0.3) is 0 Å². The van der Waals surface area contributed by atoms with E-state index in [1.807, 2.05) is 6.20 Å². The summed E-state index contributed by atoms with van der Waals surface area (Å²) in [6.45, 7) is 0. The van der Waals surface area contributed by atoms with Crippen molar-refractivity contribution in [2.45, 2.75) is 0 Å². The lowest BCUT2D eigenvalue weighted by molar-refractivity contribution is 0.671. The van der Waals surface area contributed by atoms with Gasteiger partial charge >= 0.3 is 0 Å². The predicted octanol–water partition coefficient (Wildman–Crippen LogP) is 13.9. The second-order valence-corrected chi connectivity index (χ2v) is 14.0. The number of aromatic nitrogens is 2. The van der Waals surface area contributed by atoms with Crippen molar-refractivity contribution >= 4 is 49.3 Å². The first-order valence-corrected chi connectivity index (χ1v) is 18.4. The van der Waals surface area contributed by atoms with Crippen LogP contribution >= 0.6 is 0 Å². The van der Waals surface area contributed by atoms with E-state index in [0.717, 1.165) is 83.0 Å². The molecule has 0 N–H and O–H groups in total. The number of furan rings is 1. The molecule has 54 heavy (non-hydrogen) atoms. The fourth-order valence-electron chi connectivity index (χ4n) is 8.24. The smallest absolute Gasteiger partial charge is 0.145 e. The second-order valence-electron chi connectivity index (χ2n) is 14.0. The lowest BCUT2D eigenvalue weighted by Gasteiger charge is -2.12. The monoisotopic (exact) mass is 688 g/mol. The SMILES string of the molecule is c1ccc(-c2cc(-c3ccccc3)c3oc4c(-c5cccc(-c6ccc7c(c6)c6ccccc6c6nccn76)c5)cc(-c5ccccc5)cc4c3c2)cc1. The summed E-state index contributed by atoms with van der Waals surface area (Å²) in [5, 5.41) is 5.76. The van der Waals surface area contributed by atoms with E-state index < -0.39 is 0 Å². The summed E-state index contributed by atoms with van der Waals surface area (Å²) in [7, 11) is 0. The van der Waals surface area contributed by atoms with Gasteiger partial charge in [0.05, 0.1) is 5.52 Å². The Labute approximate surface area is 312 Å². The molecule has 0 aliphatic carbocycles. The summed E-state index contributed by atoms with van der Waals surface area (Å²) in [6, 6.07) is 65.3. The van der Waals surface area contributed by atoms with E-state index in [0.29, 0.717) is 0 Å². The van der Waals surface area contributed by atoms with Gasteiger partial charge in [-0.05, 0) is 92.4 Å². The van der Waals surface area contributed by atoms with Crippen molar-refractivity contribution < 1.29 is 4.42 Å². The highest BCUT2D eigenvalue weighted by Crippen LogP contribution is 2.45. The van der Waals surface area contributed by atoms with E-state index in [9.17, 15) is 0 Å². The largest absolute Gasteiger partial charge is 0.455 e. The van der Waals surface area contributed by atoms with Crippen LogP contribution < -0.4 is 0 Å². The Bertz CT molecular complexity index is 3190. The van der Waals surface area contributed by atoms with Crippen LogP contribution in [-0.4, -0.2) is 9.38 Å². The van der Waals surface area contributed by atoms with Crippen molar-refractivity contribution in [2.75, 3.05) is 0 Å². The van der Waals surface area contributed by atoms with Gasteiger partial charge in [-0.1, -0.05) is 140 Å². The standard InChI is InChI=1S/C51H32N2O/c1-4-13-33(14-5-1)39-29-43(35-17-8-3-9-18-35)49-46(31-39)47-32-40(34-15-6-2-7-16-34)30-44(50(47)54-49)38-20-12-19-36(27-38)37-23-24-48-45(28-37)41-21-10-11-22-42(41)51-52-25-26-53(48)51/h1-32H. The van der Waals surface area contributed by atoms with Crippen LogP contribution in [0.5, 0.6) is 0 Å². The minimum Gasteiger partial charge on any atom is -0.455 e. The van der Waals surface area contributed by atoms with Crippen molar-refractivity contribution in [1.82, 2.24) is 9.38 Å². The van der Waals surface area contributed by atoms with Gasteiger partial charge in [-0.25, -0.2) is 4.98 Å². The molecule has 252 valence electrons. The Morgan fingerprint density at radius 2 is 0.870 bits per heavy atom. The van der Waals surface area contributed by atoms with Crippen molar-refractivity contribution in [1.29, 1.82) is 0 Å². The molecule has 3 heterocycles. The van der Waals surface area contributed by atoms with Gasteiger partial charge in [0, 0.05) is 45.1 Å². The number of hydrogen-bond donors (Lipinski definition) is 0. The first-order valence-electron chi connectivity index (χ1n) is 18.4. The van der Waals surface area contributed by atoms with E-state index in [2.05, 4.69) is 198 Å². The molecule has 0 spiro atoms. The van der Waals surface area contributed by atoms with Crippen LogP contribution in [0.3, 0.4) is 0 Å². The maximum atomic E-state index is 7.08. The molecule has 0 bridgehead atoms. The van der Waals surface area contributed by atoms with E-state index in [4.69, 9.17) is 4.42 Å². The Kier molecular flexibility index (Phi) is 6.86. The lowest BCUT2D eigenvalue weighted by Crippen LogP contribution is -1.91. The molecule has 8 aromatic carbocycles. The minimum absolute atomic E-state index is 0.885. The zero-order chi connectivity index (χ0) is 35.6. The number of rotatable bonds is 5. The highest BCUT2D eigenvalue weighted by Gasteiger charge is 2.20. The molecule has 0 aliphatic heterocycles. The quantitative estimate of drug-likeness (QED) is 0.169. The van der Waals surface area contributed by atoms with Crippen molar-refractivity contribution in [3.05, 3.63) is 194 Å². The maximum absolute atomic E-state index is 7.08. The maximum Gasteiger partial charge on any atom is 0.145 e. The van der Waals surface area contributed by atoms with Crippen molar-refractivity contribution in [3.8, 4) is 55.6 Å². The van der Waals surface area contributed by atoms with E-state index in [1.54, 1.807) is 0 Å². The molecule has 3 nitrogen and oxygen atoms in total. The van der Waals surface area contributed by atoms with Gasteiger partial charge in [0.15, 0.2) is 0 Å². The highest BCUT2D eigenvalue weighted by molar-refractivity contribution is 6.16. The molecular weight excluding hydrogens is 657 g/mol. The molecule has 0 saturated carbocycles. The summed E-state index contributed by atoms with van der Waals surface area (Å²) in [6.07, 6.45) is 3.93. The fraction of sp³-hybridized carbons (Fsp3) is 0. The first-order chi connectivity index (χ1) is 26.8. The summed E-state index contributed by atoms with van der Waals surface area (Å²) in [5.41, 5.74) is 15.2. The molecule has 3 heteroatoms. The van der Waals surface area contributed by atoms with Gasteiger partial charge in [0.2, 0.25) is 0 Å². The van der Waals surface area contributed by atoms with Gasteiger partial charge in [0.1, 0.15) is 16.8 Å². The summed E-state index contributed by atoms with van der Waals surface area (Å²) >= 11 is 0. The van der Waals surface area contributed by atoms with Crippen LogP contribution in [-0.2, 0) is 0 Å². The van der Waals surface area contributed by atoms with E-state index in [-0.39, 0.29) is 0 Å². The third-order valence-electron chi connectivity index (χ3n) is 10.8. The van der Waals surface area contributed by atoms with Crippen LogP contribution in [0.2, 0.25) is 0 Å². The number of fused-ring (bicyclic) bond motifs is 9. The Morgan fingerprint density at radius 3 is 1.54 bits per heavy atom. The van der Waals surface area contributed by atoms with Crippen LogP contribution in [0.1, 0.15) is 0 Å². The molecule has 3 aromatic heterocycles. The normalized spacial score (nSPS) is 11.7. The molecule has 0 fully saturated rings. The van der Waals surface area contributed by atoms with Crippen LogP contribution in [0.25, 0.3) is 105 Å². The van der Waals surface area contributed by atoms with Crippen LogP contribution in [0, 0.1) is 0 Å². The molecule has 0 amide bonds. The minimum atomic E-state index is 0.885. The Balaban J connectivity index is 1.16. The van der Waals surface area contributed by atoms with E-state index >= 15 is 0 Å². The zero-order valence-corrected chi connectivity index (χ0v) is 29.3. The number of nitrogens with zero attached hydrogens (tertiary/aromatic N) is 2. The van der Waals surface area contributed by atoms with Gasteiger partial charge in [-0.3, -0.25) is 4.40 Å². The summed E-state index contributed by atoms with van der Waals surface area (Å²) in [5.74, 6) is 0. The van der Waals surface area contributed by atoms with Gasteiger partial charge < -0.3 is 4.42 Å². The molecule has 11 aromatic rings. The number of pyridine rings is 1. The second kappa shape index (κ2) is 12.2. The van der Waals surface area contributed by atoms with Crippen molar-refractivity contribution in [2.24, 2.45) is 0 Å². The van der Waals surface area contributed by atoms with Crippen molar-refractivity contribution in [3.63, 3.8) is 0 Å². The fourth-order valence-corrected chi connectivity index (χ4v) is 8.24. The molecule has 0 saturated heterocycles. The third-order valence-corrected chi connectivity index (χ3v) is 10.8. The van der Waals surface area contributed by atoms with E-state index in [1.165, 1.54) is 21.9 Å². The number of hydrogen-bond acceptors (Lipinski definition) is 2.